The van der Waals surface area contributed by atoms with Gasteiger partial charge in [-0.25, -0.2) is 32.7 Å². The predicted octanol–water partition coefficient (Wildman–Crippen LogP) is 1.06. The number of nitrogens with one attached hydrogen (secondary N) is 2. The second kappa shape index (κ2) is 7.62. The highest BCUT2D eigenvalue weighted by Gasteiger charge is 2.24. The minimum Gasteiger partial charge on any atom is -0.465 e. The number of urea groups is 1. The van der Waals surface area contributed by atoms with Crippen molar-refractivity contribution in [1.29, 1.82) is 0 Å². The number of terminal acetylenes is 1. The van der Waals surface area contributed by atoms with Crippen molar-refractivity contribution in [2.24, 2.45) is 0 Å². The fraction of sp³-hybridized carbons (Fsp3) is 0.125. The Bertz CT molecular complexity index is 1010. The Morgan fingerprint density at radius 1 is 1.23 bits per heavy atom. The van der Waals surface area contributed by atoms with Crippen LogP contribution >= 0.6 is 0 Å². The number of benzene rings is 1. The van der Waals surface area contributed by atoms with Crippen LogP contribution in [0.5, 0.6) is 0 Å². The van der Waals surface area contributed by atoms with E-state index in [2.05, 4.69) is 25.9 Å². The Morgan fingerprint density at radius 3 is 2.58 bits per heavy atom. The lowest BCUT2D eigenvalue weighted by Crippen LogP contribution is -2.35. The summed E-state index contributed by atoms with van der Waals surface area (Å²) in [5.41, 5.74) is 0.505. The lowest BCUT2D eigenvalue weighted by Gasteiger charge is -2.11. The van der Waals surface area contributed by atoms with Crippen LogP contribution in [0.1, 0.15) is 21.7 Å². The third-order valence-corrected chi connectivity index (χ3v) is 4.43. The molecule has 0 saturated carbocycles. The van der Waals surface area contributed by atoms with Gasteiger partial charge in [0.05, 0.1) is 12.7 Å². The van der Waals surface area contributed by atoms with Gasteiger partial charge in [-0.2, -0.15) is 0 Å². The molecule has 1 heterocycles. The fourth-order valence-corrected chi connectivity index (χ4v) is 3.09. The van der Waals surface area contributed by atoms with E-state index in [4.69, 9.17) is 6.42 Å². The third kappa shape index (κ3) is 4.34. The molecule has 0 radical (unpaired) electrons. The molecule has 0 saturated heterocycles. The Kier molecular flexibility index (Phi) is 5.54. The number of methoxy groups -OCH3 is 1. The first-order valence-electron chi connectivity index (χ1n) is 7.10. The van der Waals surface area contributed by atoms with E-state index in [1.165, 1.54) is 30.3 Å². The van der Waals surface area contributed by atoms with Crippen molar-refractivity contribution in [3.05, 3.63) is 47.3 Å². The molecule has 0 aliphatic heterocycles. The zero-order valence-corrected chi connectivity index (χ0v) is 14.6. The van der Waals surface area contributed by atoms with E-state index in [0.29, 0.717) is 5.69 Å². The average Bonchev–Trinajstić information content (AvgIpc) is 2.59. The Hall–Kier alpha value is -3.45. The van der Waals surface area contributed by atoms with Gasteiger partial charge in [0.2, 0.25) is 5.95 Å². The number of hydrogen-bond donors (Lipinski definition) is 2. The van der Waals surface area contributed by atoms with Gasteiger partial charge in [0.1, 0.15) is 10.6 Å². The summed E-state index contributed by atoms with van der Waals surface area (Å²) in [6.07, 6.45) is 5.25. The average molecular weight is 374 g/mol. The van der Waals surface area contributed by atoms with Crippen LogP contribution in [0.4, 0.5) is 10.7 Å². The summed E-state index contributed by atoms with van der Waals surface area (Å²) in [7, 11) is -3.23. The van der Waals surface area contributed by atoms with Crippen LogP contribution in [0.15, 0.2) is 35.2 Å². The maximum absolute atomic E-state index is 12.4. The van der Waals surface area contributed by atoms with Crippen molar-refractivity contribution in [3.8, 4) is 12.3 Å². The van der Waals surface area contributed by atoms with Crippen LogP contribution in [0.3, 0.4) is 0 Å². The summed E-state index contributed by atoms with van der Waals surface area (Å²) in [4.78, 5) is 31.1. The molecule has 26 heavy (non-hydrogen) atoms. The topological polar surface area (TPSA) is 127 Å². The summed E-state index contributed by atoms with van der Waals surface area (Å²) in [6, 6.07) is 5.71. The van der Waals surface area contributed by atoms with Crippen molar-refractivity contribution in [3.63, 3.8) is 0 Å². The van der Waals surface area contributed by atoms with E-state index in [9.17, 15) is 18.0 Å². The lowest BCUT2D eigenvalue weighted by molar-refractivity contribution is 0.0596. The number of carbonyl (C=O) groups excluding carboxylic acids is 2. The first-order valence-corrected chi connectivity index (χ1v) is 8.58. The molecule has 1 aromatic carbocycles. The van der Waals surface area contributed by atoms with Gasteiger partial charge in [0, 0.05) is 5.69 Å². The molecule has 2 rings (SSSR count). The van der Waals surface area contributed by atoms with Crippen LogP contribution in [0, 0.1) is 19.3 Å². The highest BCUT2D eigenvalue weighted by atomic mass is 32.2. The molecule has 2 N–H and O–H groups in total. The first kappa shape index (κ1) is 18.9. The minimum atomic E-state index is -4.35. The number of nitrogens with zero attached hydrogens (tertiary/aromatic N) is 2. The van der Waals surface area contributed by atoms with Crippen LogP contribution in [-0.2, 0) is 14.8 Å². The largest absolute Gasteiger partial charge is 0.465 e. The third-order valence-electron chi connectivity index (χ3n) is 3.04. The van der Waals surface area contributed by atoms with Crippen molar-refractivity contribution >= 4 is 28.0 Å². The van der Waals surface area contributed by atoms with Gasteiger partial charge >= 0.3 is 12.0 Å². The molecule has 1 aromatic heterocycles. The molecule has 0 fully saturated rings. The smallest absolute Gasteiger partial charge is 0.339 e. The number of carbonyl (C=O) groups is 2. The molecule has 0 aliphatic carbocycles. The second-order valence-electron chi connectivity index (χ2n) is 4.91. The number of rotatable bonds is 4. The monoisotopic (exact) mass is 374 g/mol. The summed E-state index contributed by atoms with van der Waals surface area (Å²) in [6.45, 7) is 1.63. The van der Waals surface area contributed by atoms with Gasteiger partial charge < -0.3 is 4.74 Å². The van der Waals surface area contributed by atoms with Crippen LogP contribution < -0.4 is 10.0 Å². The number of aromatic nitrogens is 2. The Morgan fingerprint density at radius 2 is 1.92 bits per heavy atom. The number of esters is 1. The van der Waals surface area contributed by atoms with Gasteiger partial charge in [-0.15, -0.1) is 6.42 Å². The molecule has 0 atom stereocenters. The van der Waals surface area contributed by atoms with Crippen molar-refractivity contribution < 1.29 is 22.7 Å². The summed E-state index contributed by atoms with van der Waals surface area (Å²) in [5.74, 6) is 1.27. The Labute approximate surface area is 149 Å². The van der Waals surface area contributed by atoms with Crippen molar-refractivity contribution in [2.45, 2.75) is 11.8 Å². The highest BCUT2D eigenvalue weighted by Crippen LogP contribution is 2.16. The van der Waals surface area contributed by atoms with Gasteiger partial charge in [-0.05, 0) is 25.1 Å². The number of aryl methyl sites for hydroxylation is 1. The molecule has 134 valence electrons. The molecule has 0 aliphatic rings. The number of hydrogen-bond acceptors (Lipinski definition) is 7. The number of amides is 2. The number of sulfonamides is 1. The van der Waals surface area contributed by atoms with Crippen molar-refractivity contribution in [2.75, 3.05) is 12.4 Å². The molecule has 0 unspecified atom stereocenters. The molecule has 0 spiro atoms. The van der Waals surface area contributed by atoms with E-state index in [1.54, 1.807) is 11.6 Å². The fourth-order valence-electron chi connectivity index (χ4n) is 1.98. The van der Waals surface area contributed by atoms with E-state index in [0.717, 1.165) is 7.11 Å². The zero-order chi connectivity index (χ0) is 19.3. The maximum Gasteiger partial charge on any atom is 0.339 e. The normalized spacial score (nSPS) is 10.5. The van der Waals surface area contributed by atoms with Crippen LogP contribution in [0.2, 0.25) is 0 Å². The SMILES string of the molecule is C#Cc1cc(C)nc(NC(=O)NS(=O)(=O)c2ccccc2C(=O)OC)n1. The zero-order valence-electron chi connectivity index (χ0n) is 13.8. The molecular formula is C16H14N4O5S. The van der Waals surface area contributed by atoms with Gasteiger partial charge in [-0.1, -0.05) is 18.1 Å². The van der Waals surface area contributed by atoms with Gasteiger partial charge in [0.15, 0.2) is 0 Å². The van der Waals surface area contributed by atoms with Gasteiger partial charge in [0.25, 0.3) is 10.0 Å². The van der Waals surface area contributed by atoms with E-state index < -0.39 is 26.9 Å². The minimum absolute atomic E-state index is 0.160. The molecule has 9 nitrogen and oxygen atoms in total. The van der Waals surface area contributed by atoms with Gasteiger partial charge in [-0.3, -0.25) is 5.32 Å². The molecule has 2 aromatic rings. The number of anilines is 1. The standard InChI is InChI=1S/C16H14N4O5S/c1-4-11-9-10(2)17-15(18-11)19-16(22)20-26(23,24)13-8-6-5-7-12(13)14(21)25-3/h1,5-9H,2-3H3,(H2,17,18,19,20,22). The van der Waals surface area contributed by atoms with E-state index in [1.807, 2.05) is 0 Å². The molecule has 10 heteroatoms. The lowest BCUT2D eigenvalue weighted by atomic mass is 10.2. The molecule has 2 amide bonds. The highest BCUT2D eigenvalue weighted by molar-refractivity contribution is 7.90. The van der Waals surface area contributed by atoms with Crippen molar-refractivity contribution in [1.82, 2.24) is 14.7 Å². The second-order valence-corrected chi connectivity index (χ2v) is 6.56. The Balaban J connectivity index is 2.25. The quantitative estimate of drug-likeness (QED) is 0.605. The first-order chi connectivity index (χ1) is 12.3. The summed E-state index contributed by atoms with van der Waals surface area (Å²) < 4.78 is 31.1. The van der Waals surface area contributed by atoms with E-state index >= 15 is 0 Å². The maximum atomic E-state index is 12.4. The summed E-state index contributed by atoms with van der Waals surface area (Å²) in [5, 5.41) is 2.18. The predicted molar refractivity (Wildman–Crippen MR) is 91.8 cm³/mol. The number of ether oxygens (including phenoxy) is 1. The summed E-state index contributed by atoms with van der Waals surface area (Å²) >= 11 is 0. The molecular weight excluding hydrogens is 360 g/mol. The van der Waals surface area contributed by atoms with E-state index in [-0.39, 0.29) is 17.2 Å². The molecule has 0 bridgehead atoms. The van der Waals surface area contributed by atoms with Crippen LogP contribution in [-0.4, -0.2) is 37.5 Å². The van der Waals surface area contributed by atoms with Crippen LogP contribution in [0.25, 0.3) is 0 Å².